The molecular weight excluding hydrogens is 326 g/mol. The lowest BCUT2D eigenvalue weighted by Gasteiger charge is -2.40. The van der Waals surface area contributed by atoms with Gasteiger partial charge in [-0.3, -0.25) is 5.32 Å². The summed E-state index contributed by atoms with van der Waals surface area (Å²) in [4.78, 5) is 16.7. The molecule has 0 spiro atoms. The van der Waals surface area contributed by atoms with Crippen molar-refractivity contribution in [2.24, 2.45) is 0 Å². The van der Waals surface area contributed by atoms with Crippen LogP contribution in [0.15, 0.2) is 54.6 Å². The Balaban J connectivity index is 1.34. The van der Waals surface area contributed by atoms with Crippen molar-refractivity contribution in [3.63, 3.8) is 0 Å². The molecule has 4 rings (SSSR count). The number of para-hydroxylation sites is 2. The van der Waals surface area contributed by atoms with Crippen molar-refractivity contribution < 1.29 is 9.53 Å². The zero-order chi connectivity index (χ0) is 17.9. The second-order valence-corrected chi connectivity index (χ2v) is 7.02. The van der Waals surface area contributed by atoms with Crippen molar-refractivity contribution in [3.8, 4) is 0 Å². The van der Waals surface area contributed by atoms with E-state index in [-0.39, 0.29) is 12.1 Å². The van der Waals surface area contributed by atoms with Crippen LogP contribution in [0, 0.1) is 0 Å². The molecule has 2 heterocycles. The summed E-state index contributed by atoms with van der Waals surface area (Å²) in [6, 6.07) is 18.7. The zero-order valence-electron chi connectivity index (χ0n) is 15.0. The van der Waals surface area contributed by atoms with Crippen molar-refractivity contribution in [1.82, 2.24) is 10.2 Å². The van der Waals surface area contributed by atoms with Gasteiger partial charge in [-0.25, -0.2) is 4.79 Å². The number of nitrogens with zero attached hydrogens (tertiary/aromatic N) is 3. The molecule has 1 amide bonds. The SMILES string of the molecule is CC1CC(N2C[N]c3ccccc32)CCN1C(=O)OCc1ccccc1. The number of piperidine rings is 1. The summed E-state index contributed by atoms with van der Waals surface area (Å²) < 4.78 is 5.51. The van der Waals surface area contributed by atoms with Gasteiger partial charge in [0.25, 0.3) is 0 Å². The number of carbonyl (C=O) groups excluding carboxylic acids is 1. The lowest BCUT2D eigenvalue weighted by atomic mass is 9.97. The Morgan fingerprint density at radius 3 is 2.73 bits per heavy atom. The lowest BCUT2D eigenvalue weighted by Crippen LogP contribution is -2.51. The fourth-order valence-electron chi connectivity index (χ4n) is 3.89. The lowest BCUT2D eigenvalue weighted by molar-refractivity contribution is 0.0684. The van der Waals surface area contributed by atoms with Crippen LogP contribution in [-0.4, -0.2) is 36.3 Å². The summed E-state index contributed by atoms with van der Waals surface area (Å²) in [5, 5.41) is 4.62. The van der Waals surface area contributed by atoms with Crippen LogP contribution in [0.4, 0.5) is 16.2 Å². The molecule has 26 heavy (non-hydrogen) atoms. The van der Waals surface area contributed by atoms with Crippen LogP contribution in [0.3, 0.4) is 0 Å². The molecule has 1 radical (unpaired) electrons. The smallest absolute Gasteiger partial charge is 0.410 e. The van der Waals surface area contributed by atoms with Gasteiger partial charge in [0.1, 0.15) is 13.3 Å². The molecule has 0 saturated carbocycles. The van der Waals surface area contributed by atoms with Gasteiger partial charge in [-0.2, -0.15) is 0 Å². The summed E-state index contributed by atoms with van der Waals surface area (Å²) in [6.45, 7) is 3.87. The first-order valence-corrected chi connectivity index (χ1v) is 9.23. The van der Waals surface area contributed by atoms with Crippen LogP contribution in [0.2, 0.25) is 0 Å². The number of fused-ring (bicyclic) bond motifs is 1. The molecular formula is C21H24N3O2. The first-order chi connectivity index (χ1) is 12.7. The van der Waals surface area contributed by atoms with E-state index in [0.717, 1.165) is 37.3 Å². The molecule has 2 aromatic rings. The van der Waals surface area contributed by atoms with E-state index in [1.165, 1.54) is 5.69 Å². The second-order valence-electron chi connectivity index (χ2n) is 7.02. The molecule has 2 unspecified atom stereocenters. The predicted octanol–water partition coefficient (Wildman–Crippen LogP) is 3.89. The third-order valence-corrected chi connectivity index (χ3v) is 5.31. The highest BCUT2D eigenvalue weighted by Crippen LogP contribution is 2.35. The van der Waals surface area contributed by atoms with Gasteiger partial charge in [0.15, 0.2) is 0 Å². The maximum absolute atomic E-state index is 12.5. The maximum Gasteiger partial charge on any atom is 0.410 e. The molecule has 2 aliphatic heterocycles. The van der Waals surface area contributed by atoms with Gasteiger partial charge >= 0.3 is 6.09 Å². The molecule has 0 aliphatic carbocycles. The van der Waals surface area contributed by atoms with Gasteiger partial charge in [0.05, 0.1) is 11.4 Å². The summed E-state index contributed by atoms with van der Waals surface area (Å²) >= 11 is 0. The highest BCUT2D eigenvalue weighted by molar-refractivity contribution is 5.71. The van der Waals surface area contributed by atoms with Crippen molar-refractivity contribution in [3.05, 3.63) is 60.2 Å². The van der Waals surface area contributed by atoms with Crippen LogP contribution < -0.4 is 10.2 Å². The predicted molar refractivity (Wildman–Crippen MR) is 101 cm³/mol. The van der Waals surface area contributed by atoms with E-state index in [1.807, 2.05) is 41.3 Å². The van der Waals surface area contributed by atoms with Gasteiger partial charge in [-0.15, -0.1) is 0 Å². The first kappa shape index (κ1) is 16.8. The fraction of sp³-hybridized carbons (Fsp3) is 0.381. The molecule has 0 bridgehead atoms. The number of hydrogen-bond donors (Lipinski definition) is 0. The topological polar surface area (TPSA) is 46.9 Å². The van der Waals surface area contributed by atoms with E-state index in [0.29, 0.717) is 12.6 Å². The molecule has 5 nitrogen and oxygen atoms in total. The van der Waals surface area contributed by atoms with E-state index in [2.05, 4.69) is 35.3 Å². The number of amides is 1. The van der Waals surface area contributed by atoms with Crippen molar-refractivity contribution in [2.45, 2.75) is 38.5 Å². The van der Waals surface area contributed by atoms with E-state index >= 15 is 0 Å². The molecule has 0 N–H and O–H groups in total. The van der Waals surface area contributed by atoms with Gasteiger partial charge in [-0.05, 0) is 37.5 Å². The number of likely N-dealkylation sites (tertiary alicyclic amines) is 1. The van der Waals surface area contributed by atoms with Crippen LogP contribution in [-0.2, 0) is 11.3 Å². The van der Waals surface area contributed by atoms with Crippen molar-refractivity contribution in [2.75, 3.05) is 18.1 Å². The Labute approximate surface area is 154 Å². The highest BCUT2D eigenvalue weighted by Gasteiger charge is 2.35. The minimum atomic E-state index is -0.216. The maximum atomic E-state index is 12.5. The number of anilines is 1. The largest absolute Gasteiger partial charge is 0.445 e. The third kappa shape index (κ3) is 3.34. The Kier molecular flexibility index (Phi) is 4.69. The molecule has 2 aliphatic rings. The summed E-state index contributed by atoms with van der Waals surface area (Å²) in [7, 11) is 0. The third-order valence-electron chi connectivity index (χ3n) is 5.31. The van der Waals surface area contributed by atoms with Crippen LogP contribution in [0.25, 0.3) is 0 Å². The zero-order valence-corrected chi connectivity index (χ0v) is 15.0. The Hall–Kier alpha value is -2.69. The number of hydrogen-bond acceptors (Lipinski definition) is 3. The van der Waals surface area contributed by atoms with Gasteiger partial charge in [-0.1, -0.05) is 42.5 Å². The highest BCUT2D eigenvalue weighted by atomic mass is 16.6. The minimum absolute atomic E-state index is 0.157. The second kappa shape index (κ2) is 7.28. The van der Waals surface area contributed by atoms with Crippen LogP contribution in [0.5, 0.6) is 0 Å². The molecule has 0 aromatic heterocycles. The molecule has 5 heteroatoms. The van der Waals surface area contributed by atoms with E-state index in [4.69, 9.17) is 4.74 Å². The monoisotopic (exact) mass is 350 g/mol. The van der Waals surface area contributed by atoms with Gasteiger partial charge < -0.3 is 14.5 Å². The Morgan fingerprint density at radius 2 is 1.92 bits per heavy atom. The number of carbonyl (C=O) groups is 1. The molecule has 2 atom stereocenters. The first-order valence-electron chi connectivity index (χ1n) is 9.23. The fourth-order valence-corrected chi connectivity index (χ4v) is 3.89. The number of rotatable bonds is 3. The van der Waals surface area contributed by atoms with Crippen molar-refractivity contribution in [1.29, 1.82) is 0 Å². The van der Waals surface area contributed by atoms with Crippen LogP contribution >= 0.6 is 0 Å². The van der Waals surface area contributed by atoms with E-state index < -0.39 is 0 Å². The number of benzene rings is 2. The quantitative estimate of drug-likeness (QED) is 0.844. The Bertz CT molecular complexity index is 765. The summed E-state index contributed by atoms with van der Waals surface area (Å²) in [6.07, 6.45) is 1.66. The van der Waals surface area contributed by atoms with E-state index in [1.54, 1.807) is 0 Å². The van der Waals surface area contributed by atoms with E-state index in [9.17, 15) is 4.79 Å². The standard InChI is InChI=1S/C21H24N3O2/c1-16-13-18(24-15-22-19-9-5-6-10-20(19)24)11-12-23(16)21(25)26-14-17-7-3-2-4-8-17/h2-10,16,18H,11-15H2,1H3. The Morgan fingerprint density at radius 1 is 1.15 bits per heavy atom. The summed E-state index contributed by atoms with van der Waals surface area (Å²) in [5.74, 6) is 0. The average molecular weight is 350 g/mol. The van der Waals surface area contributed by atoms with Crippen LogP contribution in [0.1, 0.15) is 25.3 Å². The van der Waals surface area contributed by atoms with Gasteiger partial charge in [0, 0.05) is 18.6 Å². The normalized spacial score (nSPS) is 21.9. The number of ether oxygens (including phenoxy) is 1. The summed E-state index contributed by atoms with van der Waals surface area (Å²) in [5.41, 5.74) is 3.30. The molecule has 1 saturated heterocycles. The molecule has 2 aromatic carbocycles. The molecule has 135 valence electrons. The average Bonchev–Trinajstić information content (AvgIpc) is 3.11. The van der Waals surface area contributed by atoms with Gasteiger partial charge in [0.2, 0.25) is 0 Å². The van der Waals surface area contributed by atoms with Crippen molar-refractivity contribution >= 4 is 17.5 Å². The molecule has 1 fully saturated rings. The minimum Gasteiger partial charge on any atom is -0.445 e.